The lowest BCUT2D eigenvalue weighted by Crippen LogP contribution is -2.68. The van der Waals surface area contributed by atoms with Gasteiger partial charge in [0.05, 0.1) is 31.5 Å². The van der Waals surface area contributed by atoms with Crippen LogP contribution in [0.5, 0.6) is 0 Å². The molecule has 10 nitrogen and oxygen atoms in total. The molecule has 1 fully saturated rings. The van der Waals surface area contributed by atoms with Gasteiger partial charge in [0.2, 0.25) is 5.91 Å². The minimum Gasteiger partial charge on any atom is -0.445 e. The number of halogens is 2. The first-order valence-corrected chi connectivity index (χ1v) is 20.9. The normalized spacial score (nSPS) is 21.5. The molecule has 3 aromatic carbocycles. The monoisotopic (exact) mass is 820 g/mol. The Morgan fingerprint density at radius 3 is 1.88 bits per heavy atom. The van der Waals surface area contributed by atoms with E-state index < -0.39 is 60.3 Å². The van der Waals surface area contributed by atoms with E-state index in [0.717, 1.165) is 16.7 Å². The van der Waals surface area contributed by atoms with Gasteiger partial charge in [-0.25, -0.2) is 13.6 Å². The quantitative estimate of drug-likeness (QED) is 0.0857. The zero-order chi connectivity index (χ0) is 42.8. The molecule has 322 valence electrons. The van der Waals surface area contributed by atoms with Crippen molar-refractivity contribution in [2.24, 2.45) is 5.92 Å². The highest BCUT2D eigenvalue weighted by atomic mass is 19.3. The number of benzene rings is 3. The number of ether oxygens (including phenoxy) is 4. The summed E-state index contributed by atoms with van der Waals surface area (Å²) in [5.41, 5.74) is 0.551. The largest absolute Gasteiger partial charge is 0.445 e. The maximum absolute atomic E-state index is 16.8. The number of nitrogens with one attached hydrogen (secondary N) is 2. The SMILES string of the molecule is CC[C@H]1O[C@@](C)(C(F)(F)CCCCCC[C@H](NC(=O)OCc2ccccc2)C(=O)N[C@@H](C)C(=O)CCC(C)=O)[C@H](OCc2ccccc2)[C@@H](OCc2ccccc2)[C@H]1C. The topological polar surface area (TPSA) is 129 Å². The van der Waals surface area contributed by atoms with Crippen LogP contribution < -0.4 is 10.6 Å². The third kappa shape index (κ3) is 14.3. The van der Waals surface area contributed by atoms with Crippen LogP contribution in [-0.4, -0.2) is 65.5 Å². The molecule has 2 N–H and O–H groups in total. The molecule has 7 atom stereocenters. The zero-order valence-electron chi connectivity index (χ0n) is 35.1. The second-order valence-electron chi connectivity index (χ2n) is 15.8. The van der Waals surface area contributed by atoms with E-state index in [4.69, 9.17) is 18.9 Å². The molecule has 0 aromatic heterocycles. The Balaban J connectivity index is 1.40. The van der Waals surface area contributed by atoms with Gasteiger partial charge in [0, 0.05) is 25.2 Å². The molecule has 1 saturated heterocycles. The van der Waals surface area contributed by atoms with Crippen LogP contribution in [0, 0.1) is 5.92 Å². The predicted molar refractivity (Wildman–Crippen MR) is 221 cm³/mol. The van der Waals surface area contributed by atoms with Crippen molar-refractivity contribution in [3.05, 3.63) is 108 Å². The highest BCUT2D eigenvalue weighted by Gasteiger charge is 2.63. The summed E-state index contributed by atoms with van der Waals surface area (Å²) >= 11 is 0. The molecule has 0 spiro atoms. The molecule has 0 aliphatic carbocycles. The molecule has 0 radical (unpaired) electrons. The Morgan fingerprint density at radius 1 is 0.780 bits per heavy atom. The molecule has 1 heterocycles. The number of amides is 2. The van der Waals surface area contributed by atoms with E-state index in [1.165, 1.54) is 20.8 Å². The average molecular weight is 821 g/mol. The van der Waals surface area contributed by atoms with Gasteiger partial charge in [0.25, 0.3) is 5.92 Å². The van der Waals surface area contributed by atoms with Gasteiger partial charge in [0.15, 0.2) is 11.4 Å². The van der Waals surface area contributed by atoms with E-state index in [2.05, 4.69) is 10.6 Å². The number of alkyl carbamates (subject to hydrolysis) is 1. The first kappa shape index (κ1) is 47.2. The van der Waals surface area contributed by atoms with Crippen molar-refractivity contribution in [2.45, 2.75) is 154 Å². The molecule has 1 aliphatic rings. The van der Waals surface area contributed by atoms with Crippen molar-refractivity contribution in [2.75, 3.05) is 0 Å². The maximum Gasteiger partial charge on any atom is 0.408 e. The Bertz CT molecular complexity index is 1750. The summed E-state index contributed by atoms with van der Waals surface area (Å²) in [5, 5.41) is 5.26. The summed E-state index contributed by atoms with van der Waals surface area (Å²) in [5.74, 6) is -4.54. The molecule has 4 rings (SSSR count). The predicted octanol–water partition coefficient (Wildman–Crippen LogP) is 9.07. The van der Waals surface area contributed by atoms with Crippen molar-refractivity contribution >= 4 is 23.6 Å². The van der Waals surface area contributed by atoms with Crippen molar-refractivity contribution in [3.63, 3.8) is 0 Å². The van der Waals surface area contributed by atoms with Crippen LogP contribution in [0.3, 0.4) is 0 Å². The molecule has 2 amide bonds. The van der Waals surface area contributed by atoms with Gasteiger partial charge < -0.3 is 34.4 Å². The number of Topliss-reactive ketones (excluding diaryl/α,β-unsaturated/α-hetero) is 2. The second kappa shape index (κ2) is 23.3. The fourth-order valence-electron chi connectivity index (χ4n) is 7.44. The van der Waals surface area contributed by atoms with E-state index >= 15 is 8.78 Å². The Labute approximate surface area is 348 Å². The van der Waals surface area contributed by atoms with Gasteiger partial charge in [0.1, 0.15) is 24.5 Å². The molecule has 1 aliphatic heterocycles. The van der Waals surface area contributed by atoms with Gasteiger partial charge in [-0.15, -0.1) is 0 Å². The third-order valence-electron chi connectivity index (χ3n) is 11.1. The molecule has 0 unspecified atom stereocenters. The van der Waals surface area contributed by atoms with Crippen LogP contribution in [0.15, 0.2) is 91.0 Å². The van der Waals surface area contributed by atoms with E-state index in [0.29, 0.717) is 25.7 Å². The summed E-state index contributed by atoms with van der Waals surface area (Å²) in [4.78, 5) is 50.0. The van der Waals surface area contributed by atoms with Crippen LogP contribution in [-0.2, 0) is 53.2 Å². The molecule has 0 bridgehead atoms. The van der Waals surface area contributed by atoms with Crippen LogP contribution in [0.25, 0.3) is 0 Å². The van der Waals surface area contributed by atoms with E-state index in [9.17, 15) is 19.2 Å². The van der Waals surface area contributed by atoms with Crippen molar-refractivity contribution < 1.29 is 46.9 Å². The van der Waals surface area contributed by atoms with Gasteiger partial charge in [-0.05, 0) is 56.7 Å². The second-order valence-corrected chi connectivity index (χ2v) is 15.8. The first-order chi connectivity index (χ1) is 28.2. The maximum atomic E-state index is 16.8. The minimum absolute atomic E-state index is 0.00619. The first-order valence-electron chi connectivity index (χ1n) is 20.9. The van der Waals surface area contributed by atoms with Gasteiger partial charge in [-0.1, -0.05) is 124 Å². The standard InChI is InChI=1S/C47H62F2N2O8/c1-6-41-34(3)42(56-30-36-20-12-9-13-21-36)43(57-31-37-22-14-10-15-23-37)46(5,59-41)47(48,49)29-19-8-7-18-26-39(44(54)50-35(4)40(53)28-27-33(2)52)51-45(55)58-32-38-24-16-11-17-25-38/h9-17,20-25,34-35,39,41-43H,6-8,18-19,26-32H2,1-5H3,(H,50,54)(H,51,55)/t34-,35-,39-,41+,42-,43+,46+/m0/s1. The fraction of sp³-hybridized carbons (Fsp3) is 0.532. The van der Waals surface area contributed by atoms with E-state index in [-0.39, 0.29) is 63.0 Å². The molecule has 12 heteroatoms. The number of carbonyl (C=O) groups excluding carboxylic acids is 4. The lowest BCUT2D eigenvalue weighted by molar-refractivity contribution is -0.332. The lowest BCUT2D eigenvalue weighted by Gasteiger charge is -2.53. The summed E-state index contributed by atoms with van der Waals surface area (Å²) < 4.78 is 58.2. The average Bonchev–Trinajstić information content (AvgIpc) is 3.23. The zero-order valence-corrected chi connectivity index (χ0v) is 35.1. The van der Waals surface area contributed by atoms with Crippen molar-refractivity contribution in [3.8, 4) is 0 Å². The lowest BCUT2D eigenvalue weighted by atomic mass is 9.76. The van der Waals surface area contributed by atoms with E-state index in [1.807, 2.05) is 92.7 Å². The smallest absolute Gasteiger partial charge is 0.408 e. The van der Waals surface area contributed by atoms with Gasteiger partial charge >= 0.3 is 6.09 Å². The van der Waals surface area contributed by atoms with Crippen molar-refractivity contribution in [1.82, 2.24) is 10.6 Å². The highest BCUT2D eigenvalue weighted by molar-refractivity contribution is 5.93. The number of carbonyl (C=O) groups is 4. The van der Waals surface area contributed by atoms with Crippen LogP contribution in [0.2, 0.25) is 0 Å². The highest BCUT2D eigenvalue weighted by Crippen LogP contribution is 2.48. The van der Waals surface area contributed by atoms with Crippen molar-refractivity contribution in [1.29, 1.82) is 0 Å². The summed E-state index contributed by atoms with van der Waals surface area (Å²) in [7, 11) is 0. The molecule has 59 heavy (non-hydrogen) atoms. The minimum atomic E-state index is -3.30. The number of alkyl halides is 2. The molecule has 0 saturated carbocycles. The summed E-state index contributed by atoms with van der Waals surface area (Å²) in [6.45, 7) is 8.62. The number of unbranched alkanes of at least 4 members (excludes halogenated alkanes) is 3. The number of hydrogen-bond donors (Lipinski definition) is 2. The molecule has 3 aromatic rings. The summed E-state index contributed by atoms with van der Waals surface area (Å²) in [6.07, 6.45) is -1.21. The number of ketones is 2. The fourth-order valence-corrected chi connectivity index (χ4v) is 7.44. The van der Waals surface area contributed by atoms with Gasteiger partial charge in [-0.2, -0.15) is 0 Å². The van der Waals surface area contributed by atoms with Crippen LogP contribution >= 0.6 is 0 Å². The Kier molecular flexibility index (Phi) is 18.6. The Hall–Kier alpha value is -4.52. The van der Waals surface area contributed by atoms with E-state index in [1.54, 1.807) is 12.1 Å². The molecular formula is C47H62F2N2O8. The van der Waals surface area contributed by atoms with Gasteiger partial charge in [-0.3, -0.25) is 9.59 Å². The summed E-state index contributed by atoms with van der Waals surface area (Å²) in [6, 6.07) is 26.2. The number of rotatable bonds is 24. The molecular weight excluding hydrogens is 759 g/mol. The number of hydrogen-bond acceptors (Lipinski definition) is 8. The Morgan fingerprint density at radius 2 is 1.32 bits per heavy atom. The van der Waals surface area contributed by atoms with Crippen LogP contribution in [0.1, 0.15) is 109 Å². The van der Waals surface area contributed by atoms with Crippen LogP contribution in [0.4, 0.5) is 13.6 Å². The third-order valence-corrected chi connectivity index (χ3v) is 11.1.